The molecule has 0 aliphatic carbocycles. The van der Waals surface area contributed by atoms with E-state index in [0.717, 1.165) is 79.4 Å². The Morgan fingerprint density at radius 2 is 1.68 bits per heavy atom. The van der Waals surface area contributed by atoms with Gasteiger partial charge in [0.15, 0.2) is 0 Å². The third-order valence-electron chi connectivity index (χ3n) is 12.4. The number of β-amino-alcohol motifs (C(OH)–C–C–N with tert-alkyl or cyclic N) is 1. The lowest BCUT2D eigenvalue weighted by molar-refractivity contribution is -0.144. The third kappa shape index (κ3) is 12.0. The molecule has 1 spiro atoms. The van der Waals surface area contributed by atoms with Crippen LogP contribution in [0, 0.1) is 17.8 Å². The molecule has 0 bridgehead atoms. The number of aliphatic hydroxyl groups is 1. The molecule has 0 saturated carbocycles. The Labute approximate surface area is 364 Å². The van der Waals surface area contributed by atoms with Crippen molar-refractivity contribution in [3.8, 4) is 10.4 Å². The molecule has 3 fully saturated rings. The van der Waals surface area contributed by atoms with Crippen molar-refractivity contribution >= 4 is 46.7 Å². The molecular weight excluding hydrogens is 795 g/mol. The first-order valence-corrected chi connectivity index (χ1v) is 23.5. The number of nitrogens with zero attached hydrogens (tertiary/aromatic N) is 4. The van der Waals surface area contributed by atoms with Gasteiger partial charge in [0.05, 0.1) is 28.2 Å². The van der Waals surface area contributed by atoms with Crippen molar-refractivity contribution in [2.45, 2.75) is 121 Å². The molecule has 2 aromatic carbocycles. The van der Waals surface area contributed by atoms with Gasteiger partial charge in [0.1, 0.15) is 12.1 Å². The predicted molar refractivity (Wildman–Crippen MR) is 239 cm³/mol. The van der Waals surface area contributed by atoms with Gasteiger partial charge in [-0.25, -0.2) is 4.98 Å². The van der Waals surface area contributed by atoms with Crippen molar-refractivity contribution in [1.82, 2.24) is 30.3 Å². The first-order chi connectivity index (χ1) is 28.6. The molecule has 6 rings (SSSR count). The molecule has 3 aliphatic heterocycles. The zero-order chi connectivity index (χ0) is 43.0. The summed E-state index contributed by atoms with van der Waals surface area (Å²) in [6.45, 7) is 14.2. The molecule has 326 valence electrons. The molecule has 3 saturated heterocycles. The molecule has 5 N–H and O–H groups in total. The maximum Gasteiger partial charge on any atom is 0.246 e. The third-order valence-corrected chi connectivity index (χ3v) is 14.6. The average Bonchev–Trinajstić information content (AvgIpc) is 3.84. The number of hydrogen-bond acceptors (Lipinski definition) is 10. The highest BCUT2D eigenvalue weighted by Crippen LogP contribution is 2.41. The largest absolute Gasteiger partial charge is 0.391 e. The van der Waals surface area contributed by atoms with E-state index >= 15 is 0 Å². The normalized spacial score (nSPS) is 20.6. The first-order valence-electron chi connectivity index (χ1n) is 21.6. The van der Waals surface area contributed by atoms with E-state index in [-0.39, 0.29) is 49.2 Å². The molecule has 3 aromatic rings. The van der Waals surface area contributed by atoms with Crippen LogP contribution in [0.4, 0.5) is 0 Å². The monoisotopic (exact) mass is 859 g/mol. The van der Waals surface area contributed by atoms with E-state index < -0.39 is 29.5 Å². The Balaban J connectivity index is 0.894. The molecule has 1 aromatic heterocycles. The number of nitrogens with two attached hydrogens (primary N) is 1. The minimum absolute atomic E-state index is 0.0121. The zero-order valence-corrected chi connectivity index (χ0v) is 37.7. The zero-order valence-electron chi connectivity index (χ0n) is 36.0. The Morgan fingerprint density at radius 3 is 2.33 bits per heavy atom. The molecule has 3 aliphatic rings. The van der Waals surface area contributed by atoms with E-state index in [2.05, 4.69) is 44.8 Å². The summed E-state index contributed by atoms with van der Waals surface area (Å²) in [5.41, 5.74) is 10.8. The number of aliphatic hydroxyl groups excluding tert-OH is 1. The fourth-order valence-corrected chi connectivity index (χ4v) is 10.5. The highest BCUT2D eigenvalue weighted by molar-refractivity contribution is 7.99. The van der Waals surface area contributed by atoms with Gasteiger partial charge in [0.25, 0.3) is 0 Å². The number of rotatable bonds is 17. The number of hydrogen-bond donors (Lipinski definition) is 4. The highest BCUT2D eigenvalue weighted by Gasteiger charge is 2.46. The van der Waals surface area contributed by atoms with Crippen molar-refractivity contribution in [3.05, 3.63) is 71.4 Å². The summed E-state index contributed by atoms with van der Waals surface area (Å²) in [5, 5.41) is 16.6. The maximum atomic E-state index is 14.1. The van der Waals surface area contributed by atoms with Gasteiger partial charge >= 0.3 is 0 Å². The van der Waals surface area contributed by atoms with Crippen LogP contribution in [-0.2, 0) is 19.2 Å². The van der Waals surface area contributed by atoms with Crippen molar-refractivity contribution in [2.24, 2.45) is 16.6 Å². The van der Waals surface area contributed by atoms with Crippen LogP contribution in [0.1, 0.15) is 96.4 Å². The fourth-order valence-electron chi connectivity index (χ4n) is 8.73. The van der Waals surface area contributed by atoms with Crippen LogP contribution in [0.25, 0.3) is 10.4 Å². The summed E-state index contributed by atoms with van der Waals surface area (Å²) in [4.78, 5) is 66.7. The summed E-state index contributed by atoms with van der Waals surface area (Å²) in [5.74, 6) is 0.0504. The lowest BCUT2D eigenvalue weighted by Crippen LogP contribution is -2.61. The van der Waals surface area contributed by atoms with E-state index in [1.54, 1.807) is 11.3 Å². The van der Waals surface area contributed by atoms with E-state index in [4.69, 9.17) is 5.73 Å². The van der Waals surface area contributed by atoms with Crippen LogP contribution in [0.3, 0.4) is 0 Å². The smallest absolute Gasteiger partial charge is 0.246 e. The Kier molecular flexibility index (Phi) is 15.5. The van der Waals surface area contributed by atoms with E-state index in [9.17, 15) is 24.3 Å². The number of likely N-dealkylation sites (tertiary alicyclic amines) is 3. The second-order valence-corrected chi connectivity index (χ2v) is 20.3. The van der Waals surface area contributed by atoms with Crippen LogP contribution in [-0.4, -0.2) is 118 Å². The van der Waals surface area contributed by atoms with E-state index in [1.165, 1.54) is 9.80 Å². The summed E-state index contributed by atoms with van der Waals surface area (Å²) in [6, 6.07) is 16.4. The number of benzene rings is 2. The number of nitrogens with one attached hydrogen (secondary N) is 2. The van der Waals surface area contributed by atoms with Crippen molar-refractivity contribution < 1.29 is 24.3 Å². The summed E-state index contributed by atoms with van der Waals surface area (Å²) in [7, 11) is 0. The first kappa shape index (κ1) is 45.7. The number of aryl methyl sites for hydroxylation is 1. The van der Waals surface area contributed by atoms with Gasteiger partial charge in [0, 0.05) is 68.7 Å². The average molecular weight is 860 g/mol. The number of amides is 4. The van der Waals surface area contributed by atoms with Gasteiger partial charge in [-0.05, 0) is 86.6 Å². The molecule has 3 unspecified atom stereocenters. The highest BCUT2D eigenvalue weighted by atomic mass is 32.2. The predicted octanol–water partition coefficient (Wildman–Crippen LogP) is 5.78. The number of thiazole rings is 1. The molecule has 4 amide bonds. The minimum atomic E-state index is -0.897. The van der Waals surface area contributed by atoms with Crippen molar-refractivity contribution in [2.75, 3.05) is 45.0 Å². The SMILES string of the molecule is Cc1ncsc1-c1ccc(C(C)NC(=O)[C@@H]2C[C@@H](O)CN2C(=O)C(NC(=O)CCCCC(=O)N2CCC3(CC2)CN(CCC(N)CSc2ccccc2)C3)C(C)(C)C)cc1. The number of thioether (sulfide) groups is 1. The number of unbranched alkanes of at least 4 members (excludes halogenated alkanes) is 1. The number of piperidine rings is 1. The lowest BCUT2D eigenvalue weighted by Gasteiger charge is -2.54. The molecule has 12 nitrogen and oxygen atoms in total. The van der Waals surface area contributed by atoms with Crippen LogP contribution in [0.2, 0.25) is 0 Å². The maximum absolute atomic E-state index is 14.1. The topological polar surface area (TPSA) is 161 Å². The standard InChI is InChI=1S/C46H65N7O5S2/c1-31(33-15-17-34(18-16-33)41-32(2)48-30-60-41)49-43(57)38-25-36(54)26-53(38)44(58)42(45(3,4)5)50-39(55)13-9-10-14-40(56)52-23-20-46(21-24-52)28-51(29-46)22-19-35(47)27-59-37-11-7-6-8-12-37/h6-8,11-12,15-18,30-31,35-36,38,42,54H,9-10,13-14,19-29,47H2,1-5H3,(H,49,57)(H,50,55)/t31?,35?,36-,38+,42?/m1/s1. The van der Waals surface area contributed by atoms with Crippen molar-refractivity contribution in [1.29, 1.82) is 0 Å². The quantitative estimate of drug-likeness (QED) is 0.0975. The van der Waals surface area contributed by atoms with Gasteiger partial charge in [-0.15, -0.1) is 23.1 Å². The Morgan fingerprint density at radius 1 is 1.00 bits per heavy atom. The summed E-state index contributed by atoms with van der Waals surface area (Å²) < 4.78 is 0. The second-order valence-electron chi connectivity index (χ2n) is 18.4. The molecule has 14 heteroatoms. The molecular formula is C46H65N7O5S2. The van der Waals surface area contributed by atoms with Crippen LogP contribution in [0.5, 0.6) is 0 Å². The van der Waals surface area contributed by atoms with Crippen molar-refractivity contribution in [3.63, 3.8) is 0 Å². The summed E-state index contributed by atoms with van der Waals surface area (Å²) in [6.07, 6.45) is 3.99. The van der Waals surface area contributed by atoms with Gasteiger partial charge in [0.2, 0.25) is 23.6 Å². The van der Waals surface area contributed by atoms with Gasteiger partial charge in [-0.3, -0.25) is 19.2 Å². The second kappa shape index (κ2) is 20.4. The number of aromatic nitrogens is 1. The van der Waals surface area contributed by atoms with Gasteiger partial charge < -0.3 is 36.2 Å². The summed E-state index contributed by atoms with van der Waals surface area (Å²) >= 11 is 3.40. The van der Waals surface area contributed by atoms with Crippen LogP contribution >= 0.6 is 23.1 Å². The molecule has 5 atom stereocenters. The molecule has 0 radical (unpaired) electrons. The fraction of sp³-hybridized carbons (Fsp3) is 0.587. The minimum Gasteiger partial charge on any atom is -0.391 e. The Hall–Kier alpha value is -3.82. The number of carbonyl (C=O) groups excluding carboxylic acids is 4. The number of carbonyl (C=O) groups is 4. The Bertz CT molecular complexity index is 1900. The van der Waals surface area contributed by atoms with E-state index in [0.29, 0.717) is 24.7 Å². The van der Waals surface area contributed by atoms with Gasteiger partial charge in [-0.2, -0.15) is 0 Å². The van der Waals surface area contributed by atoms with Crippen LogP contribution in [0.15, 0.2) is 65.0 Å². The lowest BCUT2D eigenvalue weighted by atomic mass is 9.72. The van der Waals surface area contributed by atoms with Crippen LogP contribution < -0.4 is 16.4 Å². The molecule has 4 heterocycles. The molecule has 60 heavy (non-hydrogen) atoms. The van der Waals surface area contributed by atoms with E-state index in [1.807, 2.05) is 87.1 Å². The van der Waals surface area contributed by atoms with Gasteiger partial charge in [-0.1, -0.05) is 63.2 Å².